The van der Waals surface area contributed by atoms with Gasteiger partial charge in [0.15, 0.2) is 11.9 Å². The minimum Gasteiger partial charge on any atom is -0.480 e. The molecule has 0 spiro atoms. The van der Waals surface area contributed by atoms with Crippen LogP contribution in [0.3, 0.4) is 0 Å². The van der Waals surface area contributed by atoms with Gasteiger partial charge in [-0.1, -0.05) is 23.4 Å². The van der Waals surface area contributed by atoms with Crippen LogP contribution < -0.4 is 4.74 Å². The molecular formula is C17H19N3O3. The maximum absolute atomic E-state index is 12.7. The Labute approximate surface area is 134 Å². The van der Waals surface area contributed by atoms with Gasteiger partial charge in [-0.05, 0) is 31.4 Å². The molecule has 1 amide bonds. The molecule has 6 nitrogen and oxygen atoms in total. The first kappa shape index (κ1) is 14.2. The highest BCUT2D eigenvalue weighted by atomic mass is 16.5. The Morgan fingerprint density at radius 3 is 2.74 bits per heavy atom. The Morgan fingerprint density at radius 1 is 1.26 bits per heavy atom. The summed E-state index contributed by atoms with van der Waals surface area (Å²) >= 11 is 0. The van der Waals surface area contributed by atoms with Gasteiger partial charge in [-0.25, -0.2) is 0 Å². The van der Waals surface area contributed by atoms with Gasteiger partial charge in [-0.3, -0.25) is 4.79 Å². The molecule has 0 unspecified atom stereocenters. The van der Waals surface area contributed by atoms with Crippen molar-refractivity contribution in [2.45, 2.75) is 38.2 Å². The minimum absolute atomic E-state index is 0.0846. The van der Waals surface area contributed by atoms with E-state index in [0.717, 1.165) is 24.2 Å². The van der Waals surface area contributed by atoms with Crippen molar-refractivity contribution in [3.8, 4) is 5.75 Å². The molecule has 120 valence electrons. The first-order valence-electron chi connectivity index (χ1n) is 8.04. The normalized spacial score (nSPS) is 21.1. The summed E-state index contributed by atoms with van der Waals surface area (Å²) in [6.45, 7) is 3.24. The van der Waals surface area contributed by atoms with Crippen LogP contribution in [0, 0.1) is 6.92 Å². The molecule has 6 heteroatoms. The molecule has 2 aliphatic rings. The highest BCUT2D eigenvalue weighted by molar-refractivity contribution is 5.82. The standard InChI is InChI=1S/C17H19N3O3/c1-11-18-16(23-19-11)12-6-8-20(9-7-12)17(21)15-10-13-4-2-3-5-14(13)22-15/h2-5,12,15H,6-10H2,1H3/t15-/m1/s1. The Balaban J connectivity index is 1.37. The monoisotopic (exact) mass is 313 g/mol. The van der Waals surface area contributed by atoms with Gasteiger partial charge in [0.25, 0.3) is 5.91 Å². The van der Waals surface area contributed by atoms with Crippen LogP contribution in [-0.4, -0.2) is 40.1 Å². The summed E-state index contributed by atoms with van der Waals surface area (Å²) in [7, 11) is 0. The number of para-hydroxylation sites is 1. The van der Waals surface area contributed by atoms with E-state index < -0.39 is 0 Å². The van der Waals surface area contributed by atoms with Crippen molar-refractivity contribution in [2.24, 2.45) is 0 Å². The summed E-state index contributed by atoms with van der Waals surface area (Å²) in [6.07, 6.45) is 1.99. The lowest BCUT2D eigenvalue weighted by Crippen LogP contribution is -2.45. The summed E-state index contributed by atoms with van der Waals surface area (Å²) in [4.78, 5) is 18.9. The van der Waals surface area contributed by atoms with Crippen molar-refractivity contribution in [3.05, 3.63) is 41.5 Å². The molecule has 1 aromatic heterocycles. The van der Waals surface area contributed by atoms with Gasteiger partial charge in [0.2, 0.25) is 5.89 Å². The SMILES string of the molecule is Cc1noc(C2CCN(C(=O)[C@H]3Cc4ccccc4O3)CC2)n1. The van der Waals surface area contributed by atoms with Crippen LogP contribution in [0.4, 0.5) is 0 Å². The summed E-state index contributed by atoms with van der Waals surface area (Å²) in [6, 6.07) is 7.86. The van der Waals surface area contributed by atoms with E-state index in [2.05, 4.69) is 10.1 Å². The van der Waals surface area contributed by atoms with E-state index in [1.54, 1.807) is 0 Å². The number of aryl methyl sites for hydroxylation is 1. The third kappa shape index (κ3) is 2.69. The van der Waals surface area contributed by atoms with Gasteiger partial charge in [0.05, 0.1) is 0 Å². The van der Waals surface area contributed by atoms with Gasteiger partial charge in [-0.2, -0.15) is 4.98 Å². The molecule has 1 atom stereocenters. The number of nitrogens with zero attached hydrogens (tertiary/aromatic N) is 3. The van der Waals surface area contributed by atoms with E-state index in [1.807, 2.05) is 36.1 Å². The summed E-state index contributed by atoms with van der Waals surface area (Å²) in [5.41, 5.74) is 1.11. The number of aromatic nitrogens is 2. The average Bonchev–Trinajstić information content (AvgIpc) is 3.20. The number of hydrogen-bond donors (Lipinski definition) is 0. The van der Waals surface area contributed by atoms with Crippen molar-refractivity contribution in [3.63, 3.8) is 0 Å². The number of fused-ring (bicyclic) bond motifs is 1. The van der Waals surface area contributed by atoms with Crippen molar-refractivity contribution in [1.29, 1.82) is 0 Å². The topological polar surface area (TPSA) is 68.5 Å². The molecule has 2 aliphatic heterocycles. The zero-order chi connectivity index (χ0) is 15.8. The minimum atomic E-state index is -0.380. The third-order valence-electron chi connectivity index (χ3n) is 4.62. The lowest BCUT2D eigenvalue weighted by Gasteiger charge is -2.31. The predicted molar refractivity (Wildman–Crippen MR) is 82.2 cm³/mol. The van der Waals surface area contributed by atoms with Crippen molar-refractivity contribution in [1.82, 2.24) is 15.0 Å². The molecule has 0 radical (unpaired) electrons. The van der Waals surface area contributed by atoms with E-state index in [-0.39, 0.29) is 17.9 Å². The molecule has 23 heavy (non-hydrogen) atoms. The molecule has 0 aliphatic carbocycles. The Hall–Kier alpha value is -2.37. The van der Waals surface area contributed by atoms with E-state index >= 15 is 0 Å². The lowest BCUT2D eigenvalue weighted by molar-refractivity contribution is -0.139. The number of amides is 1. The number of ether oxygens (including phenoxy) is 1. The number of rotatable bonds is 2. The van der Waals surface area contributed by atoms with E-state index in [4.69, 9.17) is 9.26 Å². The zero-order valence-electron chi connectivity index (χ0n) is 13.1. The second-order valence-corrected chi connectivity index (χ2v) is 6.20. The van der Waals surface area contributed by atoms with Gasteiger partial charge < -0.3 is 14.2 Å². The Kier molecular flexibility index (Phi) is 3.52. The summed E-state index contributed by atoms with van der Waals surface area (Å²) in [5, 5.41) is 3.85. The maximum atomic E-state index is 12.7. The van der Waals surface area contributed by atoms with E-state index in [9.17, 15) is 4.79 Å². The van der Waals surface area contributed by atoms with Crippen molar-refractivity contribution < 1.29 is 14.1 Å². The number of carbonyl (C=O) groups excluding carboxylic acids is 1. The predicted octanol–water partition coefficient (Wildman–Crippen LogP) is 2.09. The van der Waals surface area contributed by atoms with Crippen LogP contribution in [0.2, 0.25) is 0 Å². The third-order valence-corrected chi connectivity index (χ3v) is 4.62. The number of hydrogen-bond acceptors (Lipinski definition) is 5. The highest BCUT2D eigenvalue weighted by Crippen LogP contribution is 2.31. The van der Waals surface area contributed by atoms with Gasteiger partial charge in [-0.15, -0.1) is 0 Å². The van der Waals surface area contributed by atoms with Gasteiger partial charge in [0.1, 0.15) is 5.75 Å². The van der Waals surface area contributed by atoms with Crippen LogP contribution in [0.15, 0.2) is 28.8 Å². The first-order valence-corrected chi connectivity index (χ1v) is 8.04. The van der Waals surface area contributed by atoms with E-state index in [0.29, 0.717) is 31.2 Å². The number of benzene rings is 1. The largest absolute Gasteiger partial charge is 0.480 e. The highest BCUT2D eigenvalue weighted by Gasteiger charge is 2.35. The average molecular weight is 313 g/mol. The Morgan fingerprint density at radius 2 is 2.04 bits per heavy atom. The van der Waals surface area contributed by atoms with Gasteiger partial charge >= 0.3 is 0 Å². The van der Waals surface area contributed by atoms with Crippen LogP contribution >= 0.6 is 0 Å². The van der Waals surface area contributed by atoms with E-state index in [1.165, 1.54) is 0 Å². The maximum Gasteiger partial charge on any atom is 0.263 e. The molecule has 1 fully saturated rings. The Bertz CT molecular complexity index is 694. The zero-order valence-corrected chi connectivity index (χ0v) is 13.1. The molecule has 3 heterocycles. The quantitative estimate of drug-likeness (QED) is 0.849. The summed E-state index contributed by atoms with van der Waals surface area (Å²) in [5.74, 6) is 2.53. The molecule has 1 aromatic carbocycles. The van der Waals surface area contributed by atoms with Crippen LogP contribution in [0.1, 0.15) is 36.0 Å². The lowest BCUT2D eigenvalue weighted by atomic mass is 9.96. The van der Waals surface area contributed by atoms with Crippen molar-refractivity contribution >= 4 is 5.91 Å². The fourth-order valence-electron chi connectivity index (χ4n) is 3.35. The molecule has 0 saturated carbocycles. The van der Waals surface area contributed by atoms with Crippen LogP contribution in [0.5, 0.6) is 5.75 Å². The van der Waals surface area contributed by atoms with Crippen LogP contribution in [-0.2, 0) is 11.2 Å². The second-order valence-electron chi connectivity index (χ2n) is 6.20. The second kappa shape index (κ2) is 5.68. The number of likely N-dealkylation sites (tertiary alicyclic amines) is 1. The molecule has 2 aromatic rings. The molecule has 4 rings (SSSR count). The van der Waals surface area contributed by atoms with Gasteiger partial charge in [0, 0.05) is 25.4 Å². The fraction of sp³-hybridized carbons (Fsp3) is 0.471. The number of carbonyl (C=O) groups is 1. The van der Waals surface area contributed by atoms with Crippen LogP contribution in [0.25, 0.3) is 0 Å². The number of piperidine rings is 1. The summed E-state index contributed by atoms with van der Waals surface area (Å²) < 4.78 is 11.1. The molecule has 0 N–H and O–H groups in total. The van der Waals surface area contributed by atoms with Crippen molar-refractivity contribution in [2.75, 3.05) is 13.1 Å². The molecular weight excluding hydrogens is 294 g/mol. The molecule has 0 bridgehead atoms. The first-order chi connectivity index (χ1) is 11.2. The smallest absolute Gasteiger partial charge is 0.263 e. The molecule has 1 saturated heterocycles. The fourth-order valence-corrected chi connectivity index (χ4v) is 3.35.